The van der Waals surface area contributed by atoms with E-state index in [1.807, 2.05) is 24.4 Å². The number of ether oxygens (including phenoxy) is 1. The molecule has 2 aromatic heterocycles. The van der Waals surface area contributed by atoms with Crippen LogP contribution in [0.5, 0.6) is 11.5 Å². The number of anilines is 4. The minimum absolute atomic E-state index is 0. The van der Waals surface area contributed by atoms with Gasteiger partial charge in [0, 0.05) is 72.5 Å². The van der Waals surface area contributed by atoms with Crippen molar-refractivity contribution in [3.05, 3.63) is 222 Å². The zero-order valence-corrected chi connectivity index (χ0v) is 51.6. The van der Waals surface area contributed by atoms with Crippen LogP contribution in [0.15, 0.2) is 164 Å². The Morgan fingerprint density at radius 1 is 0.519 bits per heavy atom. The number of hydrogen-bond acceptors (Lipinski definition) is 4. The summed E-state index contributed by atoms with van der Waals surface area (Å²) in [7, 11) is 0. The Kier molecular flexibility index (Phi) is 15.6. The Morgan fingerprint density at radius 3 is 1.74 bits per heavy atom. The second-order valence-electron chi connectivity index (χ2n) is 25.2. The zero-order valence-electron chi connectivity index (χ0n) is 49.4. The summed E-state index contributed by atoms with van der Waals surface area (Å²) in [6.45, 7) is 33.9. The number of benzene rings is 8. The topological polar surface area (TPSA) is 33.5 Å². The molecule has 0 atom stereocenters. The first-order valence-corrected chi connectivity index (χ1v) is 28.6. The van der Waals surface area contributed by atoms with Crippen LogP contribution < -0.4 is 14.5 Å². The van der Waals surface area contributed by atoms with Crippen LogP contribution in [-0.2, 0) is 31.9 Å². The molecule has 0 bridgehead atoms. The van der Waals surface area contributed by atoms with Crippen LogP contribution in [0.25, 0.3) is 61.0 Å². The first kappa shape index (κ1) is 57.0. The molecule has 8 aromatic carbocycles. The third kappa shape index (κ3) is 11.0. The van der Waals surface area contributed by atoms with Crippen LogP contribution in [0.3, 0.4) is 0 Å². The maximum absolute atomic E-state index is 15.0. The Hall–Kier alpha value is -7.27. The normalized spacial score (nSPS) is 12.9. The molecule has 0 saturated carbocycles. The molecule has 81 heavy (non-hydrogen) atoms. The molecule has 3 heterocycles. The van der Waals surface area contributed by atoms with Gasteiger partial charge in [-0.1, -0.05) is 181 Å². The van der Waals surface area contributed by atoms with Gasteiger partial charge in [-0.15, -0.1) is 53.6 Å². The standard InChI is InChI=1S/C74H74FN4O.Pt/c1-45(2)50-34-51(46(3)4)36-52(35-50)65-40-55(74(12,13)14)39-64(49-26-28-56(75)29-27-49)72(65)78-44-77(67-24-17-18-25-68(67)78)57-37-53(71-60(47(5)6)21-19-22-61(71)48(7)8)38-59(42-57)80-58-30-31-63-62-20-15-16-23-66(62)79(69(63)43-58)70-41-54(32-33-76-70)73(9,10)11;/h15-41,44-48H,1-14H3;/q-3;. The second-order valence-corrected chi connectivity index (χ2v) is 25.2. The van der Waals surface area contributed by atoms with E-state index in [2.05, 4.69) is 257 Å². The first-order chi connectivity index (χ1) is 38.1. The van der Waals surface area contributed by atoms with Gasteiger partial charge >= 0.3 is 0 Å². The molecular formula is C74H74FN4OPt-3. The monoisotopic (exact) mass is 1250 g/mol. The van der Waals surface area contributed by atoms with Gasteiger partial charge in [0.2, 0.25) is 0 Å². The van der Waals surface area contributed by atoms with E-state index in [4.69, 9.17) is 9.72 Å². The first-order valence-electron chi connectivity index (χ1n) is 28.6. The molecule has 0 spiro atoms. The fourth-order valence-electron chi connectivity index (χ4n) is 11.4. The number of pyridine rings is 1. The van der Waals surface area contributed by atoms with Crippen LogP contribution in [0.4, 0.5) is 27.1 Å². The predicted molar refractivity (Wildman–Crippen MR) is 334 cm³/mol. The average Bonchev–Trinajstić information content (AvgIpc) is 3.20. The molecular weight excluding hydrogens is 1170 g/mol. The summed E-state index contributed by atoms with van der Waals surface area (Å²) in [4.78, 5) is 9.56. The smallest absolute Gasteiger partial charge is 0.135 e. The van der Waals surface area contributed by atoms with Gasteiger partial charge in [0.05, 0.1) is 0 Å². The number of halogens is 1. The van der Waals surface area contributed by atoms with E-state index in [1.165, 1.54) is 38.9 Å². The van der Waals surface area contributed by atoms with E-state index >= 15 is 0 Å². The number of nitrogens with zero attached hydrogens (tertiary/aromatic N) is 4. The van der Waals surface area contributed by atoms with Crippen LogP contribution >= 0.6 is 0 Å². The Bertz CT molecular complexity index is 3910. The molecule has 0 unspecified atom stereocenters. The predicted octanol–water partition coefficient (Wildman–Crippen LogP) is 21.2. The summed E-state index contributed by atoms with van der Waals surface area (Å²) in [6, 6.07) is 63.1. The van der Waals surface area contributed by atoms with Gasteiger partial charge in [-0.3, -0.25) is 0 Å². The number of aromatic nitrogens is 2. The molecule has 1 aliphatic rings. The molecule has 1 aliphatic heterocycles. The second kappa shape index (κ2) is 22.2. The summed E-state index contributed by atoms with van der Waals surface area (Å²) in [5, 5.41) is 2.19. The van der Waals surface area contributed by atoms with Crippen molar-refractivity contribution in [1.29, 1.82) is 0 Å². The SMILES string of the molecule is CC(C)c1cc(-c2cc(C(C)(C)C)cc(-c3ccc(F)cc3)c2N2[CH-]N(c3[c-]c(Oc4[c-]c5c(cc4)c4ccccc4n5-c4cc(C(C)(C)C)ccn4)cc(-c4c(C(C)C)cccc4C(C)C)c3)c3ccccc32)cc(C(C)C)c1.[Pt]. The van der Waals surface area contributed by atoms with Crippen LogP contribution in [0, 0.1) is 24.6 Å². The van der Waals surface area contributed by atoms with Crippen molar-refractivity contribution in [3.8, 4) is 50.7 Å². The van der Waals surface area contributed by atoms with Crippen molar-refractivity contribution in [1.82, 2.24) is 9.55 Å². The van der Waals surface area contributed by atoms with Crippen molar-refractivity contribution in [3.63, 3.8) is 0 Å². The van der Waals surface area contributed by atoms with Gasteiger partial charge < -0.3 is 19.1 Å². The summed E-state index contributed by atoms with van der Waals surface area (Å²) in [5.41, 5.74) is 19.5. The Labute approximate surface area is 495 Å². The molecule has 0 N–H and O–H groups in total. The number of fused-ring (bicyclic) bond motifs is 4. The fourth-order valence-corrected chi connectivity index (χ4v) is 11.4. The molecule has 5 nitrogen and oxygen atoms in total. The summed E-state index contributed by atoms with van der Waals surface area (Å²) >= 11 is 0. The van der Waals surface area contributed by atoms with E-state index in [-0.39, 0.29) is 49.5 Å². The molecule has 0 aliphatic carbocycles. The van der Waals surface area contributed by atoms with E-state index in [1.54, 1.807) is 12.1 Å². The summed E-state index contributed by atoms with van der Waals surface area (Å²) in [5.74, 6) is 2.83. The molecule has 7 heteroatoms. The van der Waals surface area contributed by atoms with Crippen LogP contribution in [0.1, 0.15) is 154 Å². The van der Waals surface area contributed by atoms with E-state index in [9.17, 15) is 4.39 Å². The van der Waals surface area contributed by atoms with Crippen molar-refractivity contribution >= 4 is 44.6 Å². The van der Waals surface area contributed by atoms with Crippen molar-refractivity contribution in [2.24, 2.45) is 0 Å². The van der Waals surface area contributed by atoms with Gasteiger partial charge in [-0.05, 0) is 145 Å². The van der Waals surface area contributed by atoms with Gasteiger partial charge in [0.25, 0.3) is 0 Å². The average molecular weight is 1250 g/mol. The third-order valence-electron chi connectivity index (χ3n) is 16.0. The van der Waals surface area contributed by atoms with Crippen molar-refractivity contribution < 1.29 is 30.2 Å². The van der Waals surface area contributed by atoms with Crippen LogP contribution in [-0.4, -0.2) is 9.55 Å². The minimum Gasteiger partial charge on any atom is -0.509 e. The van der Waals surface area contributed by atoms with E-state index < -0.39 is 0 Å². The van der Waals surface area contributed by atoms with Crippen molar-refractivity contribution in [2.75, 3.05) is 9.80 Å². The van der Waals surface area contributed by atoms with Gasteiger partial charge in [0.1, 0.15) is 11.6 Å². The Morgan fingerprint density at radius 2 is 1.12 bits per heavy atom. The van der Waals surface area contributed by atoms with Gasteiger partial charge in [0.15, 0.2) is 0 Å². The number of rotatable bonds is 12. The Balaban J connectivity index is 0.00000736. The van der Waals surface area contributed by atoms with Gasteiger partial charge in [-0.2, -0.15) is 6.07 Å². The maximum Gasteiger partial charge on any atom is 0.135 e. The molecule has 0 amide bonds. The summed E-state index contributed by atoms with van der Waals surface area (Å²) < 4.78 is 24.3. The molecule has 0 fully saturated rings. The third-order valence-corrected chi connectivity index (χ3v) is 16.0. The molecule has 0 radical (unpaired) electrons. The molecule has 0 saturated heterocycles. The fraction of sp³-hybridized carbons (Fsp3) is 0.270. The van der Waals surface area contributed by atoms with E-state index in [0.29, 0.717) is 23.3 Å². The van der Waals surface area contributed by atoms with Gasteiger partial charge in [-0.25, -0.2) is 9.37 Å². The number of para-hydroxylation sites is 3. The van der Waals surface area contributed by atoms with E-state index in [0.717, 1.165) is 78.2 Å². The quantitative estimate of drug-likeness (QED) is 0.114. The molecule has 11 rings (SSSR count). The minimum atomic E-state index is -0.270. The zero-order chi connectivity index (χ0) is 56.5. The largest absolute Gasteiger partial charge is 0.509 e. The van der Waals surface area contributed by atoms with Crippen molar-refractivity contribution in [2.45, 2.75) is 131 Å². The molecule has 10 aromatic rings. The van der Waals surface area contributed by atoms with Crippen LogP contribution in [0.2, 0.25) is 0 Å². The number of hydrogen-bond donors (Lipinski definition) is 0. The molecule has 416 valence electrons. The summed E-state index contributed by atoms with van der Waals surface area (Å²) in [6.07, 6.45) is 1.91. The maximum atomic E-state index is 15.0.